The van der Waals surface area contributed by atoms with Crippen LogP contribution in [0, 0.1) is 6.92 Å². The summed E-state index contributed by atoms with van der Waals surface area (Å²) in [6, 6.07) is 5.00. The number of amides is 3. The number of hydrogen-bond donors (Lipinski definition) is 3. The summed E-state index contributed by atoms with van der Waals surface area (Å²) in [7, 11) is 0. The number of carboxylic acids is 1. The number of hydrogen-bond acceptors (Lipinski definition) is 5. The third-order valence-corrected chi connectivity index (χ3v) is 3.52. The smallest absolute Gasteiger partial charge is 0.327 e. The molecule has 0 aliphatic heterocycles. The van der Waals surface area contributed by atoms with Gasteiger partial charge in [-0.2, -0.15) is 0 Å². The second-order valence-corrected chi connectivity index (χ2v) is 5.42. The Hall–Kier alpha value is -2.48. The lowest BCUT2D eigenvalue weighted by Gasteiger charge is -2.02. The van der Waals surface area contributed by atoms with Gasteiger partial charge in [0.25, 0.3) is 0 Å². The zero-order valence-corrected chi connectivity index (χ0v) is 12.0. The number of urea groups is 1. The summed E-state index contributed by atoms with van der Waals surface area (Å²) >= 11 is 1.30. The predicted octanol–water partition coefficient (Wildman–Crippen LogP) is 2.12. The summed E-state index contributed by atoms with van der Waals surface area (Å²) in [6.07, 6.45) is -0.568. The van der Waals surface area contributed by atoms with Crippen LogP contribution in [0.25, 0.3) is 10.2 Å². The first-order chi connectivity index (χ1) is 9.94. The summed E-state index contributed by atoms with van der Waals surface area (Å²) in [5.74, 6) is -1.74. The van der Waals surface area contributed by atoms with Crippen molar-refractivity contribution in [2.75, 3.05) is 5.32 Å². The number of rotatable bonds is 4. The fourth-order valence-electron chi connectivity index (χ4n) is 1.62. The quantitative estimate of drug-likeness (QED) is 0.801. The monoisotopic (exact) mass is 307 g/mol. The standard InChI is InChI=1S/C13H13N3O4S/c1-7-2-3-8-9(6-7)21-13(14-8)16-12(20)15-10(17)4-5-11(18)19/h2-3,6H,4-5H2,1H3,(H,18,19)(H2,14,15,16,17,20). The van der Waals surface area contributed by atoms with Crippen LogP contribution >= 0.6 is 11.3 Å². The van der Waals surface area contributed by atoms with Crippen LogP contribution in [-0.2, 0) is 9.59 Å². The van der Waals surface area contributed by atoms with E-state index in [9.17, 15) is 14.4 Å². The summed E-state index contributed by atoms with van der Waals surface area (Å²) in [4.78, 5) is 37.4. The van der Waals surface area contributed by atoms with Crippen molar-refractivity contribution in [3.8, 4) is 0 Å². The maximum Gasteiger partial charge on any atom is 0.327 e. The summed E-state index contributed by atoms with van der Waals surface area (Å²) in [5.41, 5.74) is 1.85. The molecule has 8 heteroatoms. The molecular weight excluding hydrogens is 294 g/mol. The SMILES string of the molecule is Cc1ccc2nc(NC(=O)NC(=O)CCC(=O)O)sc2c1. The van der Waals surface area contributed by atoms with E-state index in [1.165, 1.54) is 11.3 Å². The molecule has 0 radical (unpaired) electrons. The number of carbonyl (C=O) groups excluding carboxylic acids is 2. The number of benzene rings is 1. The molecule has 110 valence electrons. The number of carboxylic acid groups (broad SMARTS) is 1. The maximum atomic E-state index is 11.6. The molecule has 2 aromatic rings. The van der Waals surface area contributed by atoms with Gasteiger partial charge in [-0.1, -0.05) is 17.4 Å². The molecule has 1 aromatic heterocycles. The number of aromatic nitrogens is 1. The highest BCUT2D eigenvalue weighted by molar-refractivity contribution is 7.22. The number of anilines is 1. The average Bonchev–Trinajstić information content (AvgIpc) is 2.77. The highest BCUT2D eigenvalue weighted by Gasteiger charge is 2.12. The number of carbonyl (C=O) groups is 3. The summed E-state index contributed by atoms with van der Waals surface area (Å²) in [5, 5.41) is 13.3. The Bertz CT molecular complexity index is 711. The van der Waals surface area contributed by atoms with E-state index in [0.717, 1.165) is 15.8 Å². The Labute approximate surface area is 124 Å². The number of imide groups is 1. The minimum Gasteiger partial charge on any atom is -0.481 e. The Morgan fingerprint density at radius 2 is 2.05 bits per heavy atom. The van der Waals surface area contributed by atoms with Crippen LogP contribution in [0.1, 0.15) is 18.4 Å². The van der Waals surface area contributed by atoms with Crippen LogP contribution in [-0.4, -0.2) is 28.0 Å². The second kappa shape index (κ2) is 6.31. The minimum atomic E-state index is -1.09. The number of thiazole rings is 1. The van der Waals surface area contributed by atoms with Crippen molar-refractivity contribution in [2.45, 2.75) is 19.8 Å². The summed E-state index contributed by atoms with van der Waals surface area (Å²) < 4.78 is 0.933. The predicted molar refractivity (Wildman–Crippen MR) is 78.4 cm³/mol. The Morgan fingerprint density at radius 1 is 1.29 bits per heavy atom. The van der Waals surface area contributed by atoms with Gasteiger partial charge < -0.3 is 5.11 Å². The summed E-state index contributed by atoms with van der Waals surface area (Å²) in [6.45, 7) is 1.96. The average molecular weight is 307 g/mol. The van der Waals surface area contributed by atoms with Gasteiger partial charge >= 0.3 is 12.0 Å². The molecule has 0 atom stereocenters. The molecule has 0 saturated carbocycles. The lowest BCUT2D eigenvalue weighted by molar-refractivity contribution is -0.138. The van der Waals surface area contributed by atoms with Crippen LogP contribution in [0.15, 0.2) is 18.2 Å². The Morgan fingerprint density at radius 3 is 2.76 bits per heavy atom. The van der Waals surface area contributed by atoms with E-state index in [1.54, 1.807) is 0 Å². The van der Waals surface area contributed by atoms with Gasteiger partial charge in [0.15, 0.2) is 5.13 Å². The van der Waals surface area contributed by atoms with Crippen molar-refractivity contribution in [2.24, 2.45) is 0 Å². The largest absolute Gasteiger partial charge is 0.481 e. The molecule has 0 aliphatic rings. The topological polar surface area (TPSA) is 108 Å². The van der Waals surface area contributed by atoms with E-state index >= 15 is 0 Å². The molecule has 7 nitrogen and oxygen atoms in total. The van der Waals surface area contributed by atoms with E-state index in [2.05, 4.69) is 15.6 Å². The van der Waals surface area contributed by atoms with Crippen LogP contribution in [0.5, 0.6) is 0 Å². The first-order valence-corrected chi connectivity index (χ1v) is 6.95. The number of fused-ring (bicyclic) bond motifs is 1. The normalized spacial score (nSPS) is 10.3. The third kappa shape index (κ3) is 4.25. The highest BCUT2D eigenvalue weighted by Crippen LogP contribution is 2.26. The van der Waals surface area contributed by atoms with Crippen LogP contribution < -0.4 is 10.6 Å². The van der Waals surface area contributed by atoms with E-state index in [0.29, 0.717) is 5.13 Å². The fourth-order valence-corrected chi connectivity index (χ4v) is 2.58. The third-order valence-electron chi connectivity index (χ3n) is 2.58. The Balaban J connectivity index is 1.95. The van der Waals surface area contributed by atoms with E-state index < -0.39 is 17.9 Å². The molecule has 0 spiro atoms. The number of nitrogens with one attached hydrogen (secondary N) is 2. The molecule has 3 amide bonds. The van der Waals surface area contributed by atoms with Gasteiger partial charge in [0.2, 0.25) is 5.91 Å². The van der Waals surface area contributed by atoms with E-state index in [4.69, 9.17) is 5.11 Å². The van der Waals surface area contributed by atoms with Crippen molar-refractivity contribution in [1.82, 2.24) is 10.3 Å². The van der Waals surface area contributed by atoms with Gasteiger partial charge in [0, 0.05) is 6.42 Å². The Kier molecular flexibility index (Phi) is 4.49. The number of nitrogens with zero attached hydrogens (tertiary/aromatic N) is 1. The van der Waals surface area contributed by atoms with Gasteiger partial charge in [0.1, 0.15) is 0 Å². The molecule has 1 heterocycles. The lowest BCUT2D eigenvalue weighted by Crippen LogP contribution is -2.34. The molecular formula is C13H13N3O4S. The number of aliphatic carboxylic acids is 1. The first kappa shape index (κ1) is 14.9. The molecule has 3 N–H and O–H groups in total. The van der Waals surface area contributed by atoms with Crippen molar-refractivity contribution in [3.63, 3.8) is 0 Å². The molecule has 1 aromatic carbocycles. The van der Waals surface area contributed by atoms with E-state index in [-0.39, 0.29) is 12.8 Å². The van der Waals surface area contributed by atoms with Crippen molar-refractivity contribution in [3.05, 3.63) is 23.8 Å². The highest BCUT2D eigenvalue weighted by atomic mass is 32.1. The fraction of sp³-hybridized carbons (Fsp3) is 0.231. The molecule has 21 heavy (non-hydrogen) atoms. The zero-order valence-electron chi connectivity index (χ0n) is 11.2. The van der Waals surface area contributed by atoms with Gasteiger partial charge in [0.05, 0.1) is 16.6 Å². The molecule has 2 rings (SSSR count). The van der Waals surface area contributed by atoms with Crippen LogP contribution in [0.2, 0.25) is 0 Å². The molecule has 0 bridgehead atoms. The first-order valence-electron chi connectivity index (χ1n) is 6.14. The zero-order chi connectivity index (χ0) is 15.4. The van der Waals surface area contributed by atoms with Crippen molar-refractivity contribution in [1.29, 1.82) is 0 Å². The van der Waals surface area contributed by atoms with Gasteiger partial charge in [-0.3, -0.25) is 20.2 Å². The van der Waals surface area contributed by atoms with Crippen molar-refractivity contribution < 1.29 is 19.5 Å². The van der Waals surface area contributed by atoms with Gasteiger partial charge in [-0.05, 0) is 24.6 Å². The van der Waals surface area contributed by atoms with Gasteiger partial charge in [-0.15, -0.1) is 0 Å². The van der Waals surface area contributed by atoms with Gasteiger partial charge in [-0.25, -0.2) is 9.78 Å². The van der Waals surface area contributed by atoms with Crippen molar-refractivity contribution >= 4 is 44.6 Å². The maximum absolute atomic E-state index is 11.6. The number of aryl methyl sites for hydroxylation is 1. The molecule has 0 saturated heterocycles. The van der Waals surface area contributed by atoms with Crippen LogP contribution in [0.3, 0.4) is 0 Å². The lowest BCUT2D eigenvalue weighted by atomic mass is 10.2. The molecule has 0 unspecified atom stereocenters. The molecule has 0 aliphatic carbocycles. The minimum absolute atomic E-state index is 0.248. The van der Waals surface area contributed by atoms with Crippen LogP contribution in [0.4, 0.5) is 9.93 Å². The molecule has 0 fully saturated rings. The van der Waals surface area contributed by atoms with E-state index in [1.807, 2.05) is 25.1 Å². The second-order valence-electron chi connectivity index (χ2n) is 4.39.